The average Bonchev–Trinajstić information content (AvgIpc) is 2.81. The third-order valence-corrected chi connectivity index (χ3v) is 4.46. The number of hydrogen-bond donors (Lipinski definition) is 1. The van der Waals surface area contributed by atoms with Crippen LogP contribution in [0.3, 0.4) is 0 Å². The minimum Gasteiger partial charge on any atom is -0.355 e. The number of aromatic nitrogens is 1. The van der Waals surface area contributed by atoms with Gasteiger partial charge in [-0.05, 0) is 49.4 Å². The van der Waals surface area contributed by atoms with Crippen molar-refractivity contribution in [1.29, 1.82) is 0 Å². The molecule has 1 aliphatic carbocycles. The van der Waals surface area contributed by atoms with Gasteiger partial charge in [-0.15, -0.1) is 0 Å². The first-order valence-corrected chi connectivity index (χ1v) is 8.14. The average molecular weight is 288 g/mol. The summed E-state index contributed by atoms with van der Waals surface area (Å²) in [5, 5.41) is 4.89. The minimum absolute atomic E-state index is 1.10. The maximum absolute atomic E-state index is 4.94. The molecule has 1 N–H and O–H groups in total. The summed E-state index contributed by atoms with van der Waals surface area (Å²) in [6.45, 7) is 0. The lowest BCUT2D eigenvalue weighted by atomic mass is 10.0. The first-order valence-electron chi connectivity index (χ1n) is 8.14. The summed E-state index contributed by atoms with van der Waals surface area (Å²) in [7, 11) is 0. The van der Waals surface area contributed by atoms with Gasteiger partial charge in [0.05, 0.1) is 11.2 Å². The first kappa shape index (κ1) is 13.3. The van der Waals surface area contributed by atoms with Crippen molar-refractivity contribution >= 4 is 22.3 Å². The van der Waals surface area contributed by atoms with Crippen LogP contribution in [0.15, 0.2) is 54.6 Å². The minimum atomic E-state index is 1.10. The number of nitrogens with one attached hydrogen (secondary N) is 1. The molecule has 0 radical (unpaired) electrons. The summed E-state index contributed by atoms with van der Waals surface area (Å²) in [5.41, 5.74) is 6.20. The second kappa shape index (κ2) is 5.80. The van der Waals surface area contributed by atoms with Crippen LogP contribution < -0.4 is 5.32 Å². The van der Waals surface area contributed by atoms with Gasteiger partial charge in [-0.2, -0.15) is 0 Å². The third kappa shape index (κ3) is 2.45. The van der Waals surface area contributed by atoms with Crippen LogP contribution in [0, 0.1) is 0 Å². The van der Waals surface area contributed by atoms with Gasteiger partial charge in [0.2, 0.25) is 0 Å². The Labute approximate surface area is 131 Å². The van der Waals surface area contributed by atoms with E-state index in [0.717, 1.165) is 24.0 Å². The van der Waals surface area contributed by atoms with Crippen LogP contribution in [-0.2, 0) is 12.8 Å². The molecule has 2 heteroatoms. The number of anilines is 2. The van der Waals surface area contributed by atoms with Crippen LogP contribution >= 0.6 is 0 Å². The number of pyridine rings is 1. The number of fused-ring (bicyclic) bond motifs is 2. The zero-order valence-electron chi connectivity index (χ0n) is 12.7. The lowest BCUT2D eigenvalue weighted by Crippen LogP contribution is -2.03. The molecule has 4 rings (SSSR count). The number of aryl methyl sites for hydroxylation is 1. The van der Waals surface area contributed by atoms with Crippen molar-refractivity contribution in [3.8, 4) is 0 Å². The van der Waals surface area contributed by atoms with Crippen molar-refractivity contribution in [1.82, 2.24) is 4.98 Å². The number of benzene rings is 2. The number of nitrogens with zero attached hydrogens (tertiary/aromatic N) is 1. The Balaban J connectivity index is 1.91. The van der Waals surface area contributed by atoms with Gasteiger partial charge in [0.15, 0.2) is 0 Å². The van der Waals surface area contributed by atoms with E-state index in [2.05, 4.69) is 59.9 Å². The molecular formula is C20H20N2. The van der Waals surface area contributed by atoms with E-state index in [4.69, 9.17) is 4.98 Å². The van der Waals surface area contributed by atoms with Gasteiger partial charge in [-0.25, -0.2) is 0 Å². The first-order chi connectivity index (χ1) is 10.9. The summed E-state index contributed by atoms with van der Waals surface area (Å²) in [6.07, 6.45) is 6.04. The molecule has 0 bridgehead atoms. The molecule has 0 amide bonds. The molecule has 1 heterocycles. The Hall–Kier alpha value is -2.35. The summed E-state index contributed by atoms with van der Waals surface area (Å²) < 4.78 is 0. The van der Waals surface area contributed by atoms with Crippen molar-refractivity contribution < 1.29 is 0 Å². The van der Waals surface area contributed by atoms with Gasteiger partial charge in [-0.1, -0.05) is 42.8 Å². The molecule has 0 atom stereocenters. The van der Waals surface area contributed by atoms with Crippen LogP contribution in [0.2, 0.25) is 0 Å². The molecule has 2 aromatic carbocycles. The maximum atomic E-state index is 4.94. The van der Waals surface area contributed by atoms with Gasteiger partial charge < -0.3 is 5.32 Å². The zero-order valence-corrected chi connectivity index (χ0v) is 12.7. The van der Waals surface area contributed by atoms with Crippen LogP contribution in [0.1, 0.15) is 30.5 Å². The smallest absolute Gasteiger partial charge is 0.0726 e. The van der Waals surface area contributed by atoms with Gasteiger partial charge in [-0.3, -0.25) is 4.98 Å². The second-order valence-corrected chi connectivity index (χ2v) is 5.98. The summed E-state index contributed by atoms with van der Waals surface area (Å²) in [6, 6.07) is 18.9. The van der Waals surface area contributed by atoms with Crippen molar-refractivity contribution in [2.75, 3.05) is 5.32 Å². The van der Waals surface area contributed by atoms with Crippen molar-refractivity contribution in [3.63, 3.8) is 0 Å². The fraction of sp³-hybridized carbons (Fsp3) is 0.250. The summed E-state index contributed by atoms with van der Waals surface area (Å²) >= 11 is 0. The highest BCUT2D eigenvalue weighted by Gasteiger charge is 2.17. The molecule has 22 heavy (non-hydrogen) atoms. The molecule has 1 aromatic heterocycles. The van der Waals surface area contributed by atoms with E-state index in [1.807, 2.05) is 0 Å². The highest BCUT2D eigenvalue weighted by molar-refractivity contribution is 5.95. The predicted molar refractivity (Wildman–Crippen MR) is 92.7 cm³/mol. The maximum Gasteiger partial charge on any atom is 0.0726 e. The summed E-state index contributed by atoms with van der Waals surface area (Å²) in [4.78, 5) is 4.94. The van der Waals surface area contributed by atoms with E-state index in [9.17, 15) is 0 Å². The highest BCUT2D eigenvalue weighted by Crippen LogP contribution is 2.34. The Bertz CT molecular complexity index is 793. The Morgan fingerprint density at radius 3 is 2.45 bits per heavy atom. The SMILES string of the molecule is c1ccc(Nc2c3c(nc4ccccc24)CCCCC3)cc1. The number of hydrogen-bond acceptors (Lipinski definition) is 2. The van der Waals surface area contributed by atoms with Crippen molar-refractivity contribution in [3.05, 3.63) is 65.9 Å². The monoisotopic (exact) mass is 288 g/mol. The van der Waals surface area contributed by atoms with E-state index in [1.54, 1.807) is 0 Å². The lowest BCUT2D eigenvalue weighted by molar-refractivity contribution is 0.709. The summed E-state index contributed by atoms with van der Waals surface area (Å²) in [5.74, 6) is 0. The standard InChI is InChI=1S/C20H20N2/c1-3-9-15(10-4-1)21-20-16-11-5-2-6-13-18(16)22-19-14-8-7-12-17(19)20/h1,3-4,7-10,12,14H,2,5-6,11,13H2,(H,21,22). The Morgan fingerprint density at radius 1 is 0.773 bits per heavy atom. The van der Waals surface area contributed by atoms with Crippen LogP contribution in [-0.4, -0.2) is 4.98 Å². The number of rotatable bonds is 2. The molecule has 0 aliphatic heterocycles. The van der Waals surface area contributed by atoms with E-state index in [-0.39, 0.29) is 0 Å². The molecule has 1 aliphatic rings. The fourth-order valence-corrected chi connectivity index (χ4v) is 3.36. The number of para-hydroxylation sites is 2. The third-order valence-electron chi connectivity index (χ3n) is 4.46. The van der Waals surface area contributed by atoms with E-state index in [1.165, 1.54) is 41.6 Å². The van der Waals surface area contributed by atoms with E-state index < -0.39 is 0 Å². The van der Waals surface area contributed by atoms with Crippen molar-refractivity contribution in [2.24, 2.45) is 0 Å². The van der Waals surface area contributed by atoms with Crippen LogP contribution in [0.5, 0.6) is 0 Å². The van der Waals surface area contributed by atoms with Gasteiger partial charge >= 0.3 is 0 Å². The van der Waals surface area contributed by atoms with E-state index in [0.29, 0.717) is 0 Å². The Morgan fingerprint density at radius 2 is 1.55 bits per heavy atom. The van der Waals surface area contributed by atoms with Crippen LogP contribution in [0.4, 0.5) is 11.4 Å². The topological polar surface area (TPSA) is 24.9 Å². The largest absolute Gasteiger partial charge is 0.355 e. The molecule has 0 fully saturated rings. The zero-order chi connectivity index (χ0) is 14.8. The molecule has 3 aromatic rings. The molecule has 0 unspecified atom stereocenters. The predicted octanol–water partition coefficient (Wildman–Crippen LogP) is 5.25. The second-order valence-electron chi connectivity index (χ2n) is 5.98. The molecule has 110 valence electrons. The molecule has 0 saturated carbocycles. The quantitative estimate of drug-likeness (QED) is 0.652. The molecule has 0 spiro atoms. The Kier molecular flexibility index (Phi) is 3.51. The molecule has 2 nitrogen and oxygen atoms in total. The van der Waals surface area contributed by atoms with Crippen LogP contribution in [0.25, 0.3) is 10.9 Å². The molecule has 0 saturated heterocycles. The normalized spacial score (nSPS) is 14.4. The van der Waals surface area contributed by atoms with Gasteiger partial charge in [0, 0.05) is 16.8 Å². The lowest BCUT2D eigenvalue weighted by Gasteiger charge is -2.17. The van der Waals surface area contributed by atoms with Gasteiger partial charge in [0.25, 0.3) is 0 Å². The molecular weight excluding hydrogens is 268 g/mol. The van der Waals surface area contributed by atoms with Gasteiger partial charge in [0.1, 0.15) is 0 Å². The highest BCUT2D eigenvalue weighted by atomic mass is 14.9. The fourth-order valence-electron chi connectivity index (χ4n) is 3.36. The van der Waals surface area contributed by atoms with E-state index >= 15 is 0 Å². The van der Waals surface area contributed by atoms with Crippen molar-refractivity contribution in [2.45, 2.75) is 32.1 Å².